The summed E-state index contributed by atoms with van der Waals surface area (Å²) in [6.07, 6.45) is 0.730. The smallest absolute Gasteiger partial charge is 0.291 e. The molecule has 0 aliphatic heterocycles. The molecule has 2 N–H and O–H groups in total. The number of phenols is 1. The molecule has 1 amide bonds. The maximum Gasteiger partial charge on any atom is 0.291 e. The van der Waals surface area contributed by atoms with E-state index in [1.54, 1.807) is 42.5 Å². The molecule has 21 heavy (non-hydrogen) atoms. The molecule has 5 heteroatoms. The maximum atomic E-state index is 12.1. The number of furan rings is 1. The lowest BCUT2D eigenvalue weighted by atomic mass is 10.2. The van der Waals surface area contributed by atoms with E-state index < -0.39 is 5.91 Å². The Hall–Kier alpha value is -3.08. The number of phenolic OH excluding ortho intramolecular Hbond substituents is 1. The average molecular weight is 281 g/mol. The van der Waals surface area contributed by atoms with Crippen LogP contribution >= 0.6 is 0 Å². The Morgan fingerprint density at radius 3 is 2.71 bits per heavy atom. The highest BCUT2D eigenvalue weighted by atomic mass is 16.3. The molecule has 104 valence electrons. The van der Waals surface area contributed by atoms with Crippen LogP contribution in [-0.2, 0) is 0 Å². The zero-order valence-electron chi connectivity index (χ0n) is 10.9. The number of nitrogens with one attached hydrogen (secondary N) is 1. The molecule has 0 saturated heterocycles. The second-order valence-electron chi connectivity index (χ2n) is 4.50. The Morgan fingerprint density at radius 1 is 1.14 bits per heavy atom. The third-order valence-electron chi connectivity index (χ3n) is 3.05. The number of aromatic hydroxyl groups is 1. The van der Waals surface area contributed by atoms with Gasteiger partial charge in [0.2, 0.25) is 0 Å². The first-order chi connectivity index (χ1) is 10.2. The highest BCUT2D eigenvalue weighted by molar-refractivity contribution is 6.05. The molecule has 0 unspecified atom stereocenters. The quantitative estimate of drug-likeness (QED) is 0.570. The molecule has 0 aliphatic carbocycles. The molecular formula is C16H11NO4. The first kappa shape index (κ1) is 12.9. The standard InChI is InChI=1S/C16H11NO4/c18-9-10-5-6-14-11(7-10)8-15(21-14)16(20)17-12-3-1-2-4-13(12)19/h1-9,19H,(H,17,20). The summed E-state index contributed by atoms with van der Waals surface area (Å²) in [6.45, 7) is 0. The largest absolute Gasteiger partial charge is 0.506 e. The number of rotatable bonds is 3. The number of anilines is 1. The molecule has 3 aromatic rings. The van der Waals surface area contributed by atoms with Gasteiger partial charge in [-0.3, -0.25) is 9.59 Å². The van der Waals surface area contributed by atoms with Gasteiger partial charge in [-0.1, -0.05) is 12.1 Å². The van der Waals surface area contributed by atoms with Crippen LogP contribution in [0.25, 0.3) is 11.0 Å². The van der Waals surface area contributed by atoms with Gasteiger partial charge in [0.15, 0.2) is 5.76 Å². The Morgan fingerprint density at radius 2 is 1.95 bits per heavy atom. The molecule has 1 aromatic heterocycles. The number of carbonyl (C=O) groups is 2. The number of amides is 1. The lowest BCUT2D eigenvalue weighted by Crippen LogP contribution is -2.10. The number of carbonyl (C=O) groups excluding carboxylic acids is 2. The third-order valence-corrected chi connectivity index (χ3v) is 3.05. The Bertz CT molecular complexity index is 835. The second kappa shape index (κ2) is 5.13. The number of para-hydroxylation sites is 2. The van der Waals surface area contributed by atoms with Crippen molar-refractivity contribution in [2.45, 2.75) is 0 Å². The lowest BCUT2D eigenvalue weighted by molar-refractivity contribution is 0.0998. The third kappa shape index (κ3) is 2.49. The van der Waals surface area contributed by atoms with Crippen LogP contribution in [0.1, 0.15) is 20.9 Å². The van der Waals surface area contributed by atoms with Crippen molar-refractivity contribution >= 4 is 28.8 Å². The van der Waals surface area contributed by atoms with Crippen LogP contribution in [-0.4, -0.2) is 17.3 Å². The maximum absolute atomic E-state index is 12.1. The van der Waals surface area contributed by atoms with E-state index in [2.05, 4.69) is 5.32 Å². The minimum atomic E-state index is -0.472. The Labute approximate surface area is 119 Å². The van der Waals surface area contributed by atoms with E-state index in [-0.39, 0.29) is 11.5 Å². The van der Waals surface area contributed by atoms with Crippen LogP contribution in [0.3, 0.4) is 0 Å². The molecule has 2 aromatic carbocycles. The molecular weight excluding hydrogens is 270 g/mol. The van der Waals surface area contributed by atoms with E-state index in [1.807, 2.05) is 0 Å². The van der Waals surface area contributed by atoms with Gasteiger partial charge in [0.05, 0.1) is 5.69 Å². The normalized spacial score (nSPS) is 10.5. The fourth-order valence-corrected chi connectivity index (χ4v) is 2.01. The molecule has 0 aliphatic rings. The lowest BCUT2D eigenvalue weighted by Gasteiger charge is -2.04. The number of benzene rings is 2. The van der Waals surface area contributed by atoms with Crippen molar-refractivity contribution in [1.82, 2.24) is 0 Å². The average Bonchev–Trinajstić information content (AvgIpc) is 2.92. The van der Waals surface area contributed by atoms with Crippen LogP contribution in [0.15, 0.2) is 52.9 Å². The van der Waals surface area contributed by atoms with Crippen LogP contribution in [0, 0.1) is 0 Å². The van der Waals surface area contributed by atoms with Crippen molar-refractivity contribution in [3.63, 3.8) is 0 Å². The monoisotopic (exact) mass is 281 g/mol. The van der Waals surface area contributed by atoms with Gasteiger partial charge in [0, 0.05) is 10.9 Å². The summed E-state index contributed by atoms with van der Waals surface area (Å²) in [6, 6.07) is 12.9. The summed E-state index contributed by atoms with van der Waals surface area (Å²) in [5.41, 5.74) is 1.33. The highest BCUT2D eigenvalue weighted by Gasteiger charge is 2.14. The van der Waals surface area contributed by atoms with Gasteiger partial charge in [0.25, 0.3) is 5.91 Å². The topological polar surface area (TPSA) is 79.5 Å². The Balaban J connectivity index is 1.91. The predicted octanol–water partition coefficient (Wildman–Crippen LogP) is 3.20. The van der Waals surface area contributed by atoms with Crippen molar-refractivity contribution < 1.29 is 19.1 Å². The summed E-state index contributed by atoms with van der Waals surface area (Å²) in [7, 11) is 0. The van der Waals surface area contributed by atoms with E-state index in [1.165, 1.54) is 6.07 Å². The number of fused-ring (bicyclic) bond motifs is 1. The fourth-order valence-electron chi connectivity index (χ4n) is 2.01. The van der Waals surface area contributed by atoms with Crippen LogP contribution in [0.4, 0.5) is 5.69 Å². The molecule has 0 radical (unpaired) electrons. The minimum Gasteiger partial charge on any atom is -0.506 e. The van der Waals surface area contributed by atoms with Crippen molar-refractivity contribution in [2.24, 2.45) is 0 Å². The summed E-state index contributed by atoms with van der Waals surface area (Å²) >= 11 is 0. The van der Waals surface area contributed by atoms with Gasteiger partial charge in [-0.15, -0.1) is 0 Å². The fraction of sp³-hybridized carbons (Fsp3) is 0. The summed E-state index contributed by atoms with van der Waals surface area (Å²) in [5.74, 6) is -0.387. The van der Waals surface area contributed by atoms with E-state index in [4.69, 9.17) is 4.42 Å². The van der Waals surface area contributed by atoms with E-state index >= 15 is 0 Å². The SMILES string of the molecule is O=Cc1ccc2oc(C(=O)Nc3ccccc3O)cc2c1. The minimum absolute atomic E-state index is 0.0230. The van der Waals surface area contributed by atoms with E-state index in [0.29, 0.717) is 22.2 Å². The molecule has 0 saturated carbocycles. The van der Waals surface area contributed by atoms with E-state index in [9.17, 15) is 14.7 Å². The van der Waals surface area contributed by atoms with Gasteiger partial charge in [-0.25, -0.2) is 0 Å². The van der Waals surface area contributed by atoms with Gasteiger partial charge < -0.3 is 14.8 Å². The zero-order chi connectivity index (χ0) is 14.8. The second-order valence-corrected chi connectivity index (χ2v) is 4.50. The summed E-state index contributed by atoms with van der Waals surface area (Å²) < 4.78 is 5.43. The Kier molecular flexibility index (Phi) is 3.16. The summed E-state index contributed by atoms with van der Waals surface area (Å²) in [4.78, 5) is 22.8. The van der Waals surface area contributed by atoms with Gasteiger partial charge >= 0.3 is 0 Å². The molecule has 3 rings (SSSR count). The number of aldehydes is 1. The van der Waals surface area contributed by atoms with Crippen molar-refractivity contribution in [3.05, 3.63) is 59.9 Å². The van der Waals surface area contributed by atoms with Crippen LogP contribution < -0.4 is 5.32 Å². The molecule has 0 spiro atoms. The number of hydrogen-bond donors (Lipinski definition) is 2. The van der Waals surface area contributed by atoms with E-state index in [0.717, 1.165) is 6.29 Å². The van der Waals surface area contributed by atoms with Gasteiger partial charge in [-0.2, -0.15) is 0 Å². The van der Waals surface area contributed by atoms with Crippen molar-refractivity contribution in [3.8, 4) is 5.75 Å². The van der Waals surface area contributed by atoms with Crippen molar-refractivity contribution in [1.29, 1.82) is 0 Å². The molecule has 0 fully saturated rings. The zero-order valence-corrected chi connectivity index (χ0v) is 10.9. The van der Waals surface area contributed by atoms with Gasteiger partial charge in [0.1, 0.15) is 17.6 Å². The molecule has 5 nitrogen and oxygen atoms in total. The highest BCUT2D eigenvalue weighted by Crippen LogP contribution is 2.24. The number of hydrogen-bond acceptors (Lipinski definition) is 4. The molecule has 1 heterocycles. The first-order valence-electron chi connectivity index (χ1n) is 6.25. The summed E-state index contributed by atoms with van der Waals surface area (Å²) in [5, 5.41) is 12.9. The predicted molar refractivity (Wildman–Crippen MR) is 77.7 cm³/mol. The van der Waals surface area contributed by atoms with Crippen LogP contribution in [0.2, 0.25) is 0 Å². The van der Waals surface area contributed by atoms with Gasteiger partial charge in [-0.05, 0) is 36.4 Å². The molecule has 0 bridgehead atoms. The first-order valence-corrected chi connectivity index (χ1v) is 6.25. The molecule has 0 atom stereocenters. The van der Waals surface area contributed by atoms with Crippen LogP contribution in [0.5, 0.6) is 5.75 Å². The van der Waals surface area contributed by atoms with Crippen molar-refractivity contribution in [2.75, 3.05) is 5.32 Å².